The Kier molecular flexibility index (Phi) is 3.58. The predicted octanol–water partition coefficient (Wildman–Crippen LogP) is 5.58. The molecule has 0 unspecified atom stereocenters. The third-order valence-electron chi connectivity index (χ3n) is 6.40. The van der Waals surface area contributed by atoms with Gasteiger partial charge in [0.2, 0.25) is 0 Å². The summed E-state index contributed by atoms with van der Waals surface area (Å²) >= 11 is 0. The normalized spacial score (nSPS) is 22.4. The Balaban J connectivity index is 1.68. The summed E-state index contributed by atoms with van der Waals surface area (Å²) in [5.74, 6) is 0. The smallest absolute Gasteiger partial charge is 0.0529 e. The first-order chi connectivity index (χ1) is 12.6. The molecule has 132 valence electrons. The minimum atomic E-state index is 0.585. The van der Waals surface area contributed by atoms with Gasteiger partial charge in [-0.15, -0.1) is 0 Å². The van der Waals surface area contributed by atoms with E-state index in [9.17, 15) is 0 Å². The molecular formula is C24H26N2. The monoisotopic (exact) mass is 342 g/mol. The molecule has 0 N–H and O–H groups in total. The Labute approximate surface area is 155 Å². The fraction of sp³-hybridized carbons (Fsp3) is 0.333. The van der Waals surface area contributed by atoms with Gasteiger partial charge >= 0.3 is 0 Å². The summed E-state index contributed by atoms with van der Waals surface area (Å²) in [5, 5.41) is 1.45. The van der Waals surface area contributed by atoms with Gasteiger partial charge in [-0.1, -0.05) is 41.5 Å². The van der Waals surface area contributed by atoms with E-state index in [1.54, 1.807) is 5.56 Å². The van der Waals surface area contributed by atoms with Crippen LogP contribution < -0.4 is 0 Å². The van der Waals surface area contributed by atoms with E-state index >= 15 is 0 Å². The number of rotatable bonds is 2. The summed E-state index contributed by atoms with van der Waals surface area (Å²) in [6, 6.07) is 17.0. The minimum absolute atomic E-state index is 0.585. The lowest BCUT2D eigenvalue weighted by molar-refractivity contribution is 0.223. The molecule has 0 spiro atoms. The maximum absolute atomic E-state index is 2.61. The van der Waals surface area contributed by atoms with Crippen LogP contribution in [-0.2, 0) is 6.42 Å². The summed E-state index contributed by atoms with van der Waals surface area (Å²) < 4.78 is 2.46. The lowest BCUT2D eigenvalue weighted by Crippen LogP contribution is -2.34. The Morgan fingerprint density at radius 3 is 2.54 bits per heavy atom. The average molecular weight is 342 g/mol. The zero-order chi connectivity index (χ0) is 17.8. The van der Waals surface area contributed by atoms with Gasteiger partial charge in [0.05, 0.1) is 5.52 Å². The van der Waals surface area contributed by atoms with Crippen LogP contribution in [0.3, 0.4) is 0 Å². The maximum atomic E-state index is 2.61. The van der Waals surface area contributed by atoms with Gasteiger partial charge in [0, 0.05) is 35.8 Å². The number of fused-ring (bicyclic) bond motifs is 6. The summed E-state index contributed by atoms with van der Waals surface area (Å²) in [7, 11) is 2.31. The predicted molar refractivity (Wildman–Crippen MR) is 110 cm³/mol. The number of benzene rings is 2. The average Bonchev–Trinajstić information content (AvgIpc) is 3.04. The van der Waals surface area contributed by atoms with E-state index in [0.29, 0.717) is 12.1 Å². The lowest BCUT2D eigenvalue weighted by atomic mass is 9.97. The van der Waals surface area contributed by atoms with Crippen LogP contribution in [0.15, 0.2) is 42.5 Å². The third-order valence-corrected chi connectivity index (χ3v) is 6.40. The van der Waals surface area contributed by atoms with Crippen LogP contribution >= 0.6 is 0 Å². The molecule has 2 nitrogen and oxygen atoms in total. The molecule has 0 amide bonds. The van der Waals surface area contributed by atoms with Crippen LogP contribution in [0.2, 0.25) is 0 Å². The van der Waals surface area contributed by atoms with E-state index in [4.69, 9.17) is 0 Å². The highest BCUT2D eigenvalue weighted by atomic mass is 15.2. The molecule has 3 aromatic rings. The highest BCUT2D eigenvalue weighted by Crippen LogP contribution is 2.47. The topological polar surface area (TPSA) is 8.17 Å². The van der Waals surface area contributed by atoms with E-state index in [-0.39, 0.29) is 0 Å². The zero-order valence-electron chi connectivity index (χ0n) is 15.9. The molecule has 1 fully saturated rings. The Morgan fingerprint density at radius 2 is 1.73 bits per heavy atom. The third kappa shape index (κ3) is 2.36. The van der Waals surface area contributed by atoms with Crippen molar-refractivity contribution in [2.45, 2.75) is 45.2 Å². The van der Waals surface area contributed by atoms with Crippen molar-refractivity contribution >= 4 is 23.2 Å². The molecule has 2 aliphatic rings. The van der Waals surface area contributed by atoms with Gasteiger partial charge in [-0.25, -0.2) is 0 Å². The molecule has 0 saturated carbocycles. The summed E-state index contributed by atoms with van der Waals surface area (Å²) in [6.07, 6.45) is 8.31. The van der Waals surface area contributed by atoms with Gasteiger partial charge in [-0.05, 0) is 63.1 Å². The van der Waals surface area contributed by atoms with Gasteiger partial charge < -0.3 is 4.57 Å². The quantitative estimate of drug-likeness (QED) is 0.590. The van der Waals surface area contributed by atoms with Crippen LogP contribution in [0, 0.1) is 13.8 Å². The molecule has 3 heterocycles. The molecule has 2 atom stereocenters. The fourth-order valence-corrected chi connectivity index (χ4v) is 4.92. The number of hydrogen-bond acceptors (Lipinski definition) is 1. The molecule has 2 bridgehead atoms. The van der Waals surface area contributed by atoms with Crippen molar-refractivity contribution in [3.05, 3.63) is 70.4 Å². The molecule has 2 heteroatoms. The zero-order valence-corrected chi connectivity index (χ0v) is 15.9. The van der Waals surface area contributed by atoms with E-state index in [2.05, 4.69) is 85.1 Å². The Hall–Kier alpha value is -2.32. The van der Waals surface area contributed by atoms with Gasteiger partial charge in [0.15, 0.2) is 0 Å². The van der Waals surface area contributed by atoms with Gasteiger partial charge in [0.1, 0.15) is 0 Å². The van der Waals surface area contributed by atoms with E-state index in [1.165, 1.54) is 46.1 Å². The SMILES string of the molecule is Cc1ccc(/C=C\n2c3c(c4cc(C)ccc42)[C@@H]2CC[C@H](C3)N2C)cc1. The van der Waals surface area contributed by atoms with Crippen LogP contribution in [-0.4, -0.2) is 22.6 Å². The van der Waals surface area contributed by atoms with E-state index in [0.717, 1.165) is 6.42 Å². The van der Waals surface area contributed by atoms with E-state index < -0.39 is 0 Å². The Morgan fingerprint density at radius 1 is 0.962 bits per heavy atom. The van der Waals surface area contributed by atoms with Crippen LogP contribution in [0.4, 0.5) is 0 Å². The van der Waals surface area contributed by atoms with E-state index in [1.807, 2.05) is 0 Å². The minimum Gasteiger partial charge on any atom is -0.320 e. The largest absolute Gasteiger partial charge is 0.320 e. The number of nitrogens with zero attached hydrogens (tertiary/aromatic N) is 2. The highest BCUT2D eigenvalue weighted by molar-refractivity contribution is 5.90. The fourth-order valence-electron chi connectivity index (χ4n) is 4.92. The van der Waals surface area contributed by atoms with Gasteiger partial charge in [-0.3, -0.25) is 4.90 Å². The molecule has 0 radical (unpaired) electrons. The summed E-state index contributed by atoms with van der Waals surface area (Å²) in [6.45, 7) is 4.34. The van der Waals surface area contributed by atoms with Crippen molar-refractivity contribution in [3.63, 3.8) is 0 Å². The summed E-state index contributed by atoms with van der Waals surface area (Å²) in [4.78, 5) is 2.61. The first-order valence-electron chi connectivity index (χ1n) is 9.72. The Bertz CT molecular complexity index is 1010. The lowest BCUT2D eigenvalue weighted by Gasteiger charge is -2.32. The second kappa shape index (κ2) is 5.85. The first-order valence-corrected chi connectivity index (χ1v) is 9.72. The standard InChI is InChI=1S/C24H26N2/c1-16-4-7-18(8-5-16)12-13-26-21-10-6-17(2)14-20(21)24-22-11-9-19(25(22)3)15-23(24)26/h4-8,10,12-14,19,22H,9,11,15H2,1-3H3/b13-12-/t19-,22+/m1/s1. The van der Waals surface area contributed by atoms with Crippen LogP contribution in [0.1, 0.15) is 46.8 Å². The van der Waals surface area contributed by atoms with Crippen molar-refractivity contribution in [2.24, 2.45) is 0 Å². The first kappa shape index (κ1) is 15.9. The van der Waals surface area contributed by atoms with Crippen molar-refractivity contribution in [1.29, 1.82) is 0 Å². The molecule has 5 rings (SSSR count). The van der Waals surface area contributed by atoms with Gasteiger partial charge in [0.25, 0.3) is 0 Å². The second-order valence-electron chi connectivity index (χ2n) is 8.09. The molecule has 0 aliphatic carbocycles. The van der Waals surface area contributed by atoms with Crippen LogP contribution in [0.5, 0.6) is 0 Å². The molecule has 26 heavy (non-hydrogen) atoms. The molecular weight excluding hydrogens is 316 g/mol. The number of aryl methyl sites for hydroxylation is 2. The molecule has 2 aliphatic heterocycles. The number of hydrogen-bond donors (Lipinski definition) is 0. The van der Waals surface area contributed by atoms with Crippen molar-refractivity contribution < 1.29 is 0 Å². The van der Waals surface area contributed by atoms with Gasteiger partial charge in [-0.2, -0.15) is 0 Å². The highest BCUT2D eigenvalue weighted by Gasteiger charge is 2.40. The molecule has 2 aromatic carbocycles. The maximum Gasteiger partial charge on any atom is 0.0529 e. The number of likely N-dealkylation sites (N-methyl/N-ethyl adjacent to an activating group) is 1. The van der Waals surface area contributed by atoms with Crippen LogP contribution in [0.25, 0.3) is 23.2 Å². The molecule has 1 saturated heterocycles. The second-order valence-corrected chi connectivity index (χ2v) is 8.09. The van der Waals surface area contributed by atoms with Crippen molar-refractivity contribution in [1.82, 2.24) is 9.47 Å². The molecule has 1 aromatic heterocycles. The summed E-state index contributed by atoms with van der Waals surface area (Å²) in [5.41, 5.74) is 8.37. The van der Waals surface area contributed by atoms with Crippen molar-refractivity contribution in [3.8, 4) is 0 Å². The van der Waals surface area contributed by atoms with Crippen molar-refractivity contribution in [2.75, 3.05) is 7.05 Å². The number of aromatic nitrogens is 1.